The second-order valence-electron chi connectivity index (χ2n) is 7.53. The van der Waals surface area contributed by atoms with Crippen molar-refractivity contribution in [1.82, 2.24) is 14.9 Å². The van der Waals surface area contributed by atoms with Crippen LogP contribution < -0.4 is 4.90 Å². The first-order valence-electron chi connectivity index (χ1n) is 9.68. The van der Waals surface area contributed by atoms with Crippen LogP contribution in [0.3, 0.4) is 0 Å². The number of carbonyl (C=O) groups is 1. The van der Waals surface area contributed by atoms with Gasteiger partial charge in [0.15, 0.2) is 5.82 Å². The van der Waals surface area contributed by atoms with Gasteiger partial charge in [0.25, 0.3) is 0 Å². The van der Waals surface area contributed by atoms with Gasteiger partial charge in [-0.3, -0.25) is 4.79 Å². The highest BCUT2D eigenvalue weighted by Crippen LogP contribution is 2.30. The lowest BCUT2D eigenvalue weighted by Crippen LogP contribution is -2.51. The second kappa shape index (κ2) is 7.47. The summed E-state index contributed by atoms with van der Waals surface area (Å²) in [6.45, 7) is 7.27. The highest BCUT2D eigenvalue weighted by molar-refractivity contribution is 6.30. The first kappa shape index (κ1) is 18.2. The van der Waals surface area contributed by atoms with Crippen LogP contribution in [-0.4, -0.2) is 47.0 Å². The quantitative estimate of drug-likeness (QED) is 0.806. The SMILES string of the molecule is Cc1nc(-c2ccc(Cl)cc2)nc(N2CCN(C(=O)C3CCC3)CC2)c1C. The molecule has 1 amide bonds. The molecule has 2 heterocycles. The number of amides is 1. The minimum absolute atomic E-state index is 0.274. The number of carbonyl (C=O) groups excluding carboxylic acids is 1. The molecule has 2 aliphatic rings. The molecule has 27 heavy (non-hydrogen) atoms. The van der Waals surface area contributed by atoms with Crippen molar-refractivity contribution >= 4 is 23.3 Å². The number of piperazine rings is 1. The van der Waals surface area contributed by atoms with Crippen molar-refractivity contribution < 1.29 is 4.79 Å². The molecule has 5 nitrogen and oxygen atoms in total. The Balaban J connectivity index is 1.53. The fourth-order valence-corrected chi connectivity index (χ4v) is 3.83. The van der Waals surface area contributed by atoms with Crippen LogP contribution in [0, 0.1) is 19.8 Å². The highest BCUT2D eigenvalue weighted by atomic mass is 35.5. The fraction of sp³-hybridized carbons (Fsp3) is 0.476. The molecular weight excluding hydrogens is 360 g/mol. The van der Waals surface area contributed by atoms with E-state index in [1.54, 1.807) is 0 Å². The van der Waals surface area contributed by atoms with E-state index < -0.39 is 0 Å². The van der Waals surface area contributed by atoms with Crippen molar-refractivity contribution in [1.29, 1.82) is 0 Å². The summed E-state index contributed by atoms with van der Waals surface area (Å²) in [5.41, 5.74) is 3.05. The Kier molecular flexibility index (Phi) is 5.04. The van der Waals surface area contributed by atoms with Gasteiger partial charge in [-0.25, -0.2) is 9.97 Å². The maximum atomic E-state index is 12.5. The van der Waals surface area contributed by atoms with Crippen LogP contribution in [0.25, 0.3) is 11.4 Å². The van der Waals surface area contributed by atoms with Crippen LogP contribution in [-0.2, 0) is 4.79 Å². The van der Waals surface area contributed by atoms with Gasteiger partial charge in [-0.15, -0.1) is 0 Å². The summed E-state index contributed by atoms with van der Waals surface area (Å²) in [6.07, 6.45) is 3.32. The number of anilines is 1. The zero-order valence-electron chi connectivity index (χ0n) is 15.9. The third-order valence-electron chi connectivity index (χ3n) is 5.81. The number of aromatic nitrogens is 2. The topological polar surface area (TPSA) is 49.3 Å². The van der Waals surface area contributed by atoms with E-state index in [1.165, 1.54) is 6.42 Å². The third kappa shape index (κ3) is 3.65. The van der Waals surface area contributed by atoms with Gasteiger partial charge in [-0.2, -0.15) is 0 Å². The van der Waals surface area contributed by atoms with E-state index >= 15 is 0 Å². The summed E-state index contributed by atoms with van der Waals surface area (Å²) in [5, 5.41) is 0.704. The Morgan fingerprint density at radius 2 is 1.70 bits per heavy atom. The van der Waals surface area contributed by atoms with Gasteiger partial charge >= 0.3 is 0 Å². The van der Waals surface area contributed by atoms with Gasteiger partial charge < -0.3 is 9.80 Å². The zero-order valence-corrected chi connectivity index (χ0v) is 16.7. The predicted molar refractivity (Wildman–Crippen MR) is 108 cm³/mol. The van der Waals surface area contributed by atoms with Gasteiger partial charge in [0.2, 0.25) is 5.91 Å². The molecule has 0 spiro atoms. The number of hydrogen-bond donors (Lipinski definition) is 0. The highest BCUT2D eigenvalue weighted by Gasteiger charge is 2.31. The summed E-state index contributed by atoms with van der Waals surface area (Å²) >= 11 is 6.00. The normalized spacial score (nSPS) is 17.7. The van der Waals surface area contributed by atoms with Crippen LogP contribution in [0.1, 0.15) is 30.5 Å². The number of nitrogens with zero attached hydrogens (tertiary/aromatic N) is 4. The Morgan fingerprint density at radius 1 is 1.04 bits per heavy atom. The molecule has 1 saturated carbocycles. The van der Waals surface area contributed by atoms with Gasteiger partial charge in [-0.1, -0.05) is 18.0 Å². The van der Waals surface area contributed by atoms with E-state index in [0.29, 0.717) is 10.9 Å². The van der Waals surface area contributed by atoms with Crippen molar-refractivity contribution in [2.24, 2.45) is 5.92 Å². The van der Waals surface area contributed by atoms with Crippen LogP contribution >= 0.6 is 11.6 Å². The van der Waals surface area contributed by atoms with Crippen molar-refractivity contribution in [3.8, 4) is 11.4 Å². The van der Waals surface area contributed by atoms with Crippen LogP contribution in [0.4, 0.5) is 5.82 Å². The summed E-state index contributed by atoms with van der Waals surface area (Å²) in [4.78, 5) is 26.3. The van der Waals surface area contributed by atoms with Crippen molar-refractivity contribution in [3.05, 3.63) is 40.5 Å². The molecule has 1 aromatic heterocycles. The molecule has 0 N–H and O–H groups in total. The molecule has 0 atom stereocenters. The Labute approximate surface area is 165 Å². The van der Waals surface area contributed by atoms with Crippen LogP contribution in [0.15, 0.2) is 24.3 Å². The molecule has 0 bridgehead atoms. The monoisotopic (exact) mass is 384 g/mol. The van der Waals surface area contributed by atoms with Crippen LogP contribution in [0.2, 0.25) is 5.02 Å². The zero-order chi connectivity index (χ0) is 19.0. The number of halogens is 1. The van der Waals surface area contributed by atoms with Gasteiger partial charge in [0, 0.05) is 53.9 Å². The van der Waals surface area contributed by atoms with E-state index in [4.69, 9.17) is 16.6 Å². The average molecular weight is 385 g/mol. The first-order chi connectivity index (χ1) is 13.0. The summed E-state index contributed by atoms with van der Waals surface area (Å²) < 4.78 is 0. The van der Waals surface area contributed by atoms with E-state index in [0.717, 1.165) is 67.5 Å². The molecule has 0 unspecified atom stereocenters. The second-order valence-corrected chi connectivity index (χ2v) is 7.96. The van der Waals surface area contributed by atoms with Crippen LogP contribution in [0.5, 0.6) is 0 Å². The number of benzene rings is 1. The number of aryl methyl sites for hydroxylation is 1. The third-order valence-corrected chi connectivity index (χ3v) is 6.06. The summed E-state index contributed by atoms with van der Waals surface area (Å²) in [5.74, 6) is 2.32. The molecule has 4 rings (SSSR count). The van der Waals surface area contributed by atoms with Crippen molar-refractivity contribution in [2.75, 3.05) is 31.1 Å². The average Bonchev–Trinajstić information content (AvgIpc) is 2.63. The lowest BCUT2D eigenvalue weighted by atomic mass is 9.84. The lowest BCUT2D eigenvalue weighted by Gasteiger charge is -2.39. The largest absolute Gasteiger partial charge is 0.353 e. The number of rotatable bonds is 3. The molecule has 2 fully saturated rings. The standard InChI is InChI=1S/C21H25ClN4O/c1-14-15(2)23-19(16-6-8-18(22)9-7-16)24-20(14)25-10-12-26(13-11-25)21(27)17-4-3-5-17/h6-9,17H,3-5,10-13H2,1-2H3. The maximum Gasteiger partial charge on any atom is 0.225 e. The molecule has 1 aliphatic heterocycles. The molecule has 1 saturated heterocycles. The number of hydrogen-bond acceptors (Lipinski definition) is 4. The molecule has 0 radical (unpaired) electrons. The fourth-order valence-electron chi connectivity index (χ4n) is 3.70. The maximum absolute atomic E-state index is 12.5. The Bertz CT molecular complexity index is 840. The molecule has 2 aromatic rings. The molecular formula is C21H25ClN4O. The molecule has 1 aromatic carbocycles. The van der Waals surface area contributed by atoms with Gasteiger partial charge in [0.1, 0.15) is 5.82 Å². The van der Waals surface area contributed by atoms with E-state index in [9.17, 15) is 4.79 Å². The summed E-state index contributed by atoms with van der Waals surface area (Å²) in [6, 6.07) is 7.62. The molecule has 6 heteroatoms. The van der Waals surface area contributed by atoms with Crippen molar-refractivity contribution in [3.63, 3.8) is 0 Å². The van der Waals surface area contributed by atoms with E-state index in [1.807, 2.05) is 36.1 Å². The molecule has 1 aliphatic carbocycles. The first-order valence-corrected chi connectivity index (χ1v) is 10.1. The predicted octanol–water partition coefficient (Wildman–Crippen LogP) is 3.86. The Morgan fingerprint density at radius 3 is 2.30 bits per heavy atom. The van der Waals surface area contributed by atoms with Gasteiger partial charge in [-0.05, 0) is 51.0 Å². The van der Waals surface area contributed by atoms with Crippen molar-refractivity contribution in [2.45, 2.75) is 33.1 Å². The minimum atomic E-state index is 0.274. The smallest absolute Gasteiger partial charge is 0.225 e. The lowest BCUT2D eigenvalue weighted by molar-refractivity contribution is -0.138. The Hall–Kier alpha value is -2.14. The summed E-state index contributed by atoms with van der Waals surface area (Å²) in [7, 11) is 0. The minimum Gasteiger partial charge on any atom is -0.353 e. The van der Waals surface area contributed by atoms with E-state index in [2.05, 4.69) is 16.8 Å². The molecule has 142 valence electrons. The van der Waals surface area contributed by atoms with E-state index in [-0.39, 0.29) is 5.92 Å². The van der Waals surface area contributed by atoms with Gasteiger partial charge in [0.05, 0.1) is 0 Å².